The van der Waals surface area contributed by atoms with Crippen molar-refractivity contribution in [2.45, 2.75) is 79.2 Å². The number of likely N-dealkylation sites (tertiary alicyclic amines) is 1. The van der Waals surface area contributed by atoms with Gasteiger partial charge in [-0.3, -0.25) is 4.39 Å². The lowest BCUT2D eigenvalue weighted by molar-refractivity contribution is 0.0801. The first kappa shape index (κ1) is 36.8. The summed E-state index contributed by atoms with van der Waals surface area (Å²) in [4.78, 5) is 2.34. The van der Waals surface area contributed by atoms with Crippen LogP contribution >= 0.6 is 11.6 Å². The minimum absolute atomic E-state index is 0.206. The third-order valence-electron chi connectivity index (χ3n) is 9.23. The third kappa shape index (κ3) is 10.0. The molecule has 0 aromatic heterocycles. The van der Waals surface area contributed by atoms with Crippen LogP contribution in [0.5, 0.6) is 0 Å². The largest absolute Gasteiger partial charge is 0.382 e. The highest BCUT2D eigenvalue weighted by atomic mass is 35.5. The number of alkyl halides is 1. The average Bonchev–Trinajstić information content (AvgIpc) is 3.07. The Morgan fingerprint density at radius 2 is 1.66 bits per heavy atom. The number of hydrogen-bond donors (Lipinski definition) is 1. The molecule has 2 saturated heterocycles. The molecule has 1 N–H and O–H groups in total. The molecule has 2 heterocycles. The fourth-order valence-electron chi connectivity index (χ4n) is 6.45. The van der Waals surface area contributed by atoms with Crippen molar-refractivity contribution in [3.8, 4) is 0 Å². The van der Waals surface area contributed by atoms with Gasteiger partial charge in [0.2, 0.25) is 0 Å². The predicted molar refractivity (Wildman–Crippen MR) is 197 cm³/mol. The van der Waals surface area contributed by atoms with E-state index >= 15 is 0 Å². The molecule has 0 atom stereocenters. The van der Waals surface area contributed by atoms with E-state index in [-0.39, 0.29) is 18.4 Å². The van der Waals surface area contributed by atoms with Crippen molar-refractivity contribution >= 4 is 34.5 Å². The zero-order chi connectivity index (χ0) is 33.8. The highest BCUT2D eigenvalue weighted by Gasteiger charge is 2.25. The average molecular weight is 663 g/mol. The van der Waals surface area contributed by atoms with Crippen molar-refractivity contribution in [3.63, 3.8) is 0 Å². The molecule has 3 aromatic carbocycles. The maximum atomic E-state index is 14.1. The lowest BCUT2D eigenvalue weighted by atomic mass is 9.86. The summed E-state index contributed by atoms with van der Waals surface area (Å²) in [7, 11) is 0. The molecule has 6 heteroatoms. The molecule has 0 bridgehead atoms. The van der Waals surface area contributed by atoms with Crippen LogP contribution in [0.1, 0.15) is 94.5 Å². The molecule has 47 heavy (non-hydrogen) atoms. The Labute approximate surface area is 287 Å². The molecule has 5 rings (SSSR count). The standard InChI is InChI=1S/C39H47ClF2N2O.C2H6/c1-4-27(3)21-32-22-31(12-15-38(32)43-34-16-19-45-20-17-34)39(35(5-2)36-14-13-33(42)23-37(36)40)30-10-8-28(9-11-30)7-6-18-44-25-29(24-41)26-44;1-2/h8-15,21-23,29,34,43H,4-7,16-20,24-26H2,1-3H3;1-2H3/b27-21?,39-35+;. The second-order valence-electron chi connectivity index (χ2n) is 12.6. The van der Waals surface area contributed by atoms with E-state index in [0.29, 0.717) is 11.1 Å². The number of allylic oxidation sites excluding steroid dienone is 2. The summed E-state index contributed by atoms with van der Waals surface area (Å²) in [6, 6.07) is 20.6. The van der Waals surface area contributed by atoms with Crippen LogP contribution in [0.3, 0.4) is 0 Å². The summed E-state index contributed by atoms with van der Waals surface area (Å²) in [5.41, 5.74) is 10.2. The second-order valence-corrected chi connectivity index (χ2v) is 13.0. The van der Waals surface area contributed by atoms with Crippen LogP contribution in [0, 0.1) is 11.7 Å². The Balaban J connectivity index is 0.00000245. The fraction of sp³-hybridized carbons (Fsp3) is 0.463. The molecular weight excluding hydrogens is 610 g/mol. The zero-order valence-electron chi connectivity index (χ0n) is 29.0. The Morgan fingerprint density at radius 1 is 0.957 bits per heavy atom. The zero-order valence-corrected chi connectivity index (χ0v) is 29.7. The second kappa shape index (κ2) is 18.5. The lowest BCUT2D eigenvalue weighted by Gasteiger charge is -2.37. The van der Waals surface area contributed by atoms with Gasteiger partial charge in [0.25, 0.3) is 0 Å². The van der Waals surface area contributed by atoms with Gasteiger partial charge in [0.1, 0.15) is 5.82 Å². The smallest absolute Gasteiger partial charge is 0.124 e. The van der Waals surface area contributed by atoms with E-state index in [4.69, 9.17) is 16.3 Å². The van der Waals surface area contributed by atoms with Gasteiger partial charge in [-0.1, -0.05) is 87.3 Å². The summed E-state index contributed by atoms with van der Waals surface area (Å²) in [6.07, 6.45) is 8.03. The van der Waals surface area contributed by atoms with E-state index in [0.717, 1.165) is 110 Å². The number of hydrogen-bond acceptors (Lipinski definition) is 3. The molecule has 0 unspecified atom stereocenters. The molecular formula is C41H53ClF2N2O. The van der Waals surface area contributed by atoms with Crippen LogP contribution in [0.2, 0.25) is 5.02 Å². The van der Waals surface area contributed by atoms with Gasteiger partial charge >= 0.3 is 0 Å². The topological polar surface area (TPSA) is 24.5 Å². The molecule has 254 valence electrons. The van der Waals surface area contributed by atoms with Crippen LogP contribution in [-0.2, 0) is 11.2 Å². The number of benzene rings is 3. The minimum atomic E-state index is -0.338. The van der Waals surface area contributed by atoms with Crippen molar-refractivity contribution < 1.29 is 13.5 Å². The van der Waals surface area contributed by atoms with Crippen LogP contribution in [0.25, 0.3) is 17.2 Å². The number of rotatable bonds is 13. The predicted octanol–water partition coefficient (Wildman–Crippen LogP) is 11.1. The Hall–Kier alpha value is -2.99. The first-order valence-electron chi connectivity index (χ1n) is 17.6. The normalized spacial score (nSPS) is 16.6. The first-order valence-corrected chi connectivity index (χ1v) is 18.0. The molecule has 0 saturated carbocycles. The fourth-order valence-corrected chi connectivity index (χ4v) is 6.73. The number of halogens is 3. The SMILES string of the molecule is CC.CCC(C)=Cc1cc(/C(=C(\CC)c2ccc(F)cc2Cl)c2ccc(CCCN3CC(CF)C3)cc2)ccc1NC1CCOCC1. The number of nitrogens with zero attached hydrogens (tertiary/aromatic N) is 1. The van der Waals surface area contributed by atoms with Gasteiger partial charge in [0.15, 0.2) is 0 Å². The first-order chi connectivity index (χ1) is 22.9. The quantitative estimate of drug-likeness (QED) is 0.184. The van der Waals surface area contributed by atoms with Crippen molar-refractivity contribution in [3.05, 3.63) is 105 Å². The number of anilines is 1. The van der Waals surface area contributed by atoms with Gasteiger partial charge < -0.3 is 15.0 Å². The van der Waals surface area contributed by atoms with E-state index in [2.05, 4.69) is 79.5 Å². The van der Waals surface area contributed by atoms with Crippen molar-refractivity contribution in [1.82, 2.24) is 4.90 Å². The van der Waals surface area contributed by atoms with Crippen LogP contribution in [0.15, 0.2) is 66.2 Å². The van der Waals surface area contributed by atoms with E-state index in [1.54, 1.807) is 6.07 Å². The summed E-state index contributed by atoms with van der Waals surface area (Å²) < 4.78 is 32.5. The van der Waals surface area contributed by atoms with Gasteiger partial charge in [-0.2, -0.15) is 0 Å². The summed E-state index contributed by atoms with van der Waals surface area (Å²) in [5, 5.41) is 4.22. The molecule has 2 aliphatic heterocycles. The Bertz CT molecular complexity index is 1490. The molecule has 2 aliphatic rings. The van der Waals surface area contributed by atoms with Crippen molar-refractivity contribution in [1.29, 1.82) is 0 Å². The summed E-state index contributed by atoms with van der Waals surface area (Å²) >= 11 is 6.69. The van der Waals surface area contributed by atoms with E-state index in [1.807, 2.05) is 13.8 Å². The Kier molecular flexibility index (Phi) is 14.5. The van der Waals surface area contributed by atoms with Crippen LogP contribution < -0.4 is 5.32 Å². The molecule has 0 radical (unpaired) electrons. The summed E-state index contributed by atoms with van der Waals surface area (Å²) in [6.45, 7) is 14.6. The van der Waals surface area contributed by atoms with E-state index in [9.17, 15) is 8.78 Å². The van der Waals surface area contributed by atoms with Crippen LogP contribution in [0.4, 0.5) is 14.5 Å². The van der Waals surface area contributed by atoms with Gasteiger partial charge in [0.05, 0.1) is 11.7 Å². The molecule has 0 amide bonds. The maximum absolute atomic E-state index is 14.1. The highest BCUT2D eigenvalue weighted by molar-refractivity contribution is 6.32. The lowest BCUT2D eigenvalue weighted by Crippen LogP contribution is -2.47. The minimum Gasteiger partial charge on any atom is -0.382 e. The highest BCUT2D eigenvalue weighted by Crippen LogP contribution is 2.39. The van der Waals surface area contributed by atoms with Gasteiger partial charge in [-0.25, -0.2) is 4.39 Å². The maximum Gasteiger partial charge on any atom is 0.124 e. The molecule has 0 spiro atoms. The number of ether oxygens (including phenoxy) is 1. The molecule has 2 fully saturated rings. The molecule has 3 aromatic rings. The van der Waals surface area contributed by atoms with Gasteiger partial charge in [0, 0.05) is 44.0 Å². The third-order valence-corrected chi connectivity index (χ3v) is 9.54. The van der Waals surface area contributed by atoms with Crippen molar-refractivity contribution in [2.24, 2.45) is 5.92 Å². The monoisotopic (exact) mass is 662 g/mol. The van der Waals surface area contributed by atoms with E-state index in [1.165, 1.54) is 23.3 Å². The van der Waals surface area contributed by atoms with Gasteiger partial charge in [-0.15, -0.1) is 0 Å². The molecule has 3 nitrogen and oxygen atoms in total. The number of nitrogens with one attached hydrogen (secondary N) is 1. The Morgan fingerprint density at radius 3 is 2.30 bits per heavy atom. The summed E-state index contributed by atoms with van der Waals surface area (Å²) in [5.74, 6) is -0.111. The van der Waals surface area contributed by atoms with Crippen molar-refractivity contribution in [2.75, 3.05) is 44.8 Å². The van der Waals surface area contributed by atoms with Crippen LogP contribution in [-0.4, -0.2) is 50.5 Å². The van der Waals surface area contributed by atoms with Gasteiger partial charge in [-0.05, 0) is 115 Å². The molecule has 0 aliphatic carbocycles. The van der Waals surface area contributed by atoms with E-state index < -0.39 is 0 Å². The number of aryl methyl sites for hydroxylation is 1.